The van der Waals surface area contributed by atoms with Gasteiger partial charge in [-0.25, -0.2) is 0 Å². The highest BCUT2D eigenvalue weighted by Gasteiger charge is 2.37. The predicted molar refractivity (Wildman–Crippen MR) is 91.6 cm³/mol. The van der Waals surface area contributed by atoms with Gasteiger partial charge < -0.3 is 10.2 Å². The molecule has 1 N–H and O–H groups in total. The largest absolute Gasteiger partial charge is 0.328 e. The molecule has 4 heteroatoms. The molecule has 0 saturated carbocycles. The molecule has 0 amide bonds. The summed E-state index contributed by atoms with van der Waals surface area (Å²) in [6, 6.07) is 8.39. The van der Waals surface area contributed by atoms with Gasteiger partial charge in [0.05, 0.1) is 5.54 Å². The van der Waals surface area contributed by atoms with Crippen LogP contribution in [0.25, 0.3) is 0 Å². The highest BCUT2D eigenvalue weighted by atomic mass is 79.9. The van der Waals surface area contributed by atoms with Crippen LogP contribution in [-0.2, 0) is 0 Å². The molecule has 3 rings (SSSR count). The summed E-state index contributed by atoms with van der Waals surface area (Å²) in [5.41, 5.74) is 2.05. The molecule has 112 valence electrons. The number of rotatable bonds is 3. The second kappa shape index (κ2) is 5.58. The summed E-state index contributed by atoms with van der Waals surface area (Å²) in [4.78, 5) is 7.25. The minimum absolute atomic E-state index is 0.214. The molecule has 1 atom stereocenters. The van der Waals surface area contributed by atoms with Gasteiger partial charge in [-0.1, -0.05) is 34.6 Å². The Morgan fingerprint density at radius 3 is 2.71 bits per heavy atom. The molecule has 0 radical (unpaired) electrons. The summed E-state index contributed by atoms with van der Waals surface area (Å²) in [6.45, 7) is 11.8. The van der Waals surface area contributed by atoms with Gasteiger partial charge >= 0.3 is 0 Å². The van der Waals surface area contributed by atoms with Crippen LogP contribution in [-0.4, -0.2) is 35.9 Å². The molecular formula is C17H22BrN3. The summed E-state index contributed by atoms with van der Waals surface area (Å²) in [5.74, 6) is 1.74. The molecule has 0 bridgehead atoms. The number of amidine groups is 1. The Labute approximate surface area is 135 Å². The maximum Gasteiger partial charge on any atom is 0.136 e. The first-order valence-corrected chi connectivity index (χ1v) is 8.30. The van der Waals surface area contributed by atoms with Crippen molar-refractivity contribution in [2.75, 3.05) is 19.6 Å². The number of hydrogen-bond acceptors (Lipinski definition) is 3. The van der Waals surface area contributed by atoms with Gasteiger partial charge in [-0.05, 0) is 51.4 Å². The van der Waals surface area contributed by atoms with E-state index in [1.54, 1.807) is 0 Å². The van der Waals surface area contributed by atoms with Crippen LogP contribution < -0.4 is 5.32 Å². The van der Waals surface area contributed by atoms with Gasteiger partial charge in [-0.15, -0.1) is 0 Å². The number of nitrogens with one attached hydrogen (secondary N) is 1. The second-order valence-electron chi connectivity index (χ2n) is 6.42. The fourth-order valence-electron chi connectivity index (χ4n) is 2.99. The van der Waals surface area contributed by atoms with E-state index in [0.29, 0.717) is 5.92 Å². The van der Waals surface area contributed by atoms with E-state index in [9.17, 15) is 0 Å². The summed E-state index contributed by atoms with van der Waals surface area (Å²) in [7, 11) is 0. The normalized spacial score (nSPS) is 24.5. The molecule has 0 spiro atoms. The van der Waals surface area contributed by atoms with Crippen LogP contribution in [0.5, 0.6) is 0 Å². The lowest BCUT2D eigenvalue weighted by Crippen LogP contribution is -2.34. The highest BCUT2D eigenvalue weighted by molar-refractivity contribution is 9.10. The first kappa shape index (κ1) is 14.8. The molecule has 1 aromatic rings. The van der Waals surface area contributed by atoms with E-state index in [1.807, 2.05) is 0 Å². The topological polar surface area (TPSA) is 27.6 Å². The Kier molecular flexibility index (Phi) is 3.93. The zero-order valence-electron chi connectivity index (χ0n) is 12.7. The Balaban J connectivity index is 1.90. The van der Waals surface area contributed by atoms with E-state index in [0.717, 1.165) is 41.2 Å². The van der Waals surface area contributed by atoms with Crippen LogP contribution in [0.15, 0.2) is 46.0 Å². The third-order valence-corrected chi connectivity index (χ3v) is 4.91. The number of hydrogen-bond donors (Lipinski definition) is 1. The van der Waals surface area contributed by atoms with Gasteiger partial charge in [0.2, 0.25) is 0 Å². The molecule has 1 saturated heterocycles. The molecule has 2 aliphatic heterocycles. The molecule has 3 nitrogen and oxygen atoms in total. The molecule has 0 aromatic heterocycles. The van der Waals surface area contributed by atoms with E-state index in [-0.39, 0.29) is 5.54 Å². The first-order valence-electron chi connectivity index (χ1n) is 7.51. The lowest BCUT2D eigenvalue weighted by atomic mass is 10.0. The van der Waals surface area contributed by atoms with Crippen molar-refractivity contribution in [2.24, 2.45) is 10.9 Å². The molecule has 2 heterocycles. The Morgan fingerprint density at radius 1 is 1.38 bits per heavy atom. The van der Waals surface area contributed by atoms with Crippen LogP contribution >= 0.6 is 15.9 Å². The van der Waals surface area contributed by atoms with Crippen molar-refractivity contribution in [3.63, 3.8) is 0 Å². The van der Waals surface area contributed by atoms with Crippen LogP contribution in [0.3, 0.4) is 0 Å². The molecule has 2 aliphatic rings. The second-order valence-corrected chi connectivity index (χ2v) is 7.33. The third-order valence-electron chi connectivity index (χ3n) is 4.38. The maximum atomic E-state index is 4.93. The van der Waals surface area contributed by atoms with Gasteiger partial charge in [0.1, 0.15) is 5.84 Å². The quantitative estimate of drug-likeness (QED) is 0.907. The smallest absolute Gasteiger partial charge is 0.136 e. The van der Waals surface area contributed by atoms with Gasteiger partial charge in [0, 0.05) is 22.3 Å². The van der Waals surface area contributed by atoms with Crippen LogP contribution in [0.1, 0.15) is 25.8 Å². The Bertz CT molecular complexity index is 568. The van der Waals surface area contributed by atoms with Crippen molar-refractivity contribution in [3.05, 3.63) is 46.6 Å². The summed E-state index contributed by atoms with van der Waals surface area (Å²) < 4.78 is 1.09. The lowest BCUT2D eigenvalue weighted by Gasteiger charge is -2.28. The Morgan fingerprint density at radius 2 is 2.10 bits per heavy atom. The third kappa shape index (κ3) is 2.92. The van der Waals surface area contributed by atoms with E-state index < -0.39 is 0 Å². The molecule has 0 aliphatic carbocycles. The van der Waals surface area contributed by atoms with E-state index in [4.69, 9.17) is 4.99 Å². The van der Waals surface area contributed by atoms with Crippen molar-refractivity contribution in [1.29, 1.82) is 0 Å². The summed E-state index contributed by atoms with van der Waals surface area (Å²) in [6.07, 6.45) is 1.23. The average Bonchev–Trinajstić information content (AvgIpc) is 3.02. The number of aliphatic imine (C=N–C) groups is 1. The molecule has 1 aromatic carbocycles. The van der Waals surface area contributed by atoms with Gasteiger partial charge in [0.15, 0.2) is 0 Å². The number of halogens is 1. The van der Waals surface area contributed by atoms with Crippen LogP contribution in [0.2, 0.25) is 0 Å². The molecular weight excluding hydrogens is 326 g/mol. The maximum absolute atomic E-state index is 4.93. The van der Waals surface area contributed by atoms with Crippen LogP contribution in [0, 0.1) is 5.92 Å². The fourth-order valence-corrected chi connectivity index (χ4v) is 3.26. The van der Waals surface area contributed by atoms with Crippen molar-refractivity contribution < 1.29 is 0 Å². The summed E-state index contributed by atoms with van der Waals surface area (Å²) in [5, 5.41) is 3.44. The molecule has 1 fully saturated rings. The summed E-state index contributed by atoms with van der Waals surface area (Å²) >= 11 is 3.50. The van der Waals surface area contributed by atoms with Crippen LogP contribution in [0.4, 0.5) is 0 Å². The van der Waals surface area contributed by atoms with Gasteiger partial charge in [0.25, 0.3) is 0 Å². The first-order chi connectivity index (χ1) is 9.97. The molecule has 21 heavy (non-hydrogen) atoms. The minimum Gasteiger partial charge on any atom is -0.328 e. The zero-order chi connectivity index (χ0) is 15.0. The standard InChI is InChI=1S/C17H22BrN3/c1-12-17(2,3)20-16(14-4-6-15(18)7-5-14)21(12)11-13-8-9-19-10-13/h4-7,13,19H,1,8-11H2,2-3H3. The van der Waals surface area contributed by atoms with Crippen molar-refractivity contribution >= 4 is 21.8 Å². The molecule has 1 unspecified atom stereocenters. The minimum atomic E-state index is -0.214. The zero-order valence-corrected chi connectivity index (χ0v) is 14.3. The number of nitrogens with zero attached hydrogens (tertiary/aromatic N) is 2. The van der Waals surface area contributed by atoms with Gasteiger partial charge in [-0.2, -0.15) is 0 Å². The van der Waals surface area contributed by atoms with E-state index >= 15 is 0 Å². The van der Waals surface area contributed by atoms with Crippen molar-refractivity contribution in [2.45, 2.75) is 25.8 Å². The lowest BCUT2D eigenvalue weighted by molar-refractivity contribution is 0.393. The highest BCUT2D eigenvalue weighted by Crippen LogP contribution is 2.33. The van der Waals surface area contributed by atoms with Gasteiger partial charge in [-0.3, -0.25) is 4.99 Å². The Hall–Kier alpha value is -1.13. The van der Waals surface area contributed by atoms with Crippen molar-refractivity contribution in [3.8, 4) is 0 Å². The van der Waals surface area contributed by atoms with E-state index in [2.05, 4.69) is 70.8 Å². The number of benzene rings is 1. The average molecular weight is 348 g/mol. The fraction of sp³-hybridized carbons (Fsp3) is 0.471. The van der Waals surface area contributed by atoms with E-state index in [1.165, 1.54) is 6.42 Å². The SMILES string of the molecule is C=C1N(CC2CCNC2)C(c2ccc(Br)cc2)=NC1(C)C. The predicted octanol–water partition coefficient (Wildman–Crippen LogP) is 3.41. The van der Waals surface area contributed by atoms with Crippen molar-refractivity contribution in [1.82, 2.24) is 10.2 Å². The monoisotopic (exact) mass is 347 g/mol.